The Labute approximate surface area is 84.9 Å². The van der Waals surface area contributed by atoms with Gasteiger partial charge in [0.15, 0.2) is 0 Å². The molecule has 0 atom stereocenters. The van der Waals surface area contributed by atoms with Gasteiger partial charge in [0.25, 0.3) is 0 Å². The van der Waals surface area contributed by atoms with Crippen molar-refractivity contribution in [1.29, 1.82) is 0 Å². The molecule has 4 N–H and O–H groups in total. The first-order chi connectivity index (χ1) is 6.72. The van der Waals surface area contributed by atoms with E-state index in [1.54, 1.807) is 6.20 Å². The molecule has 0 unspecified atom stereocenters. The fourth-order valence-corrected chi connectivity index (χ4v) is 1.12. The molecular formula is C10H18N4. The van der Waals surface area contributed by atoms with E-state index in [0.29, 0.717) is 5.82 Å². The zero-order valence-electron chi connectivity index (χ0n) is 8.75. The number of aromatic nitrogens is 1. The number of rotatable bonds is 5. The molecule has 1 rings (SSSR count). The van der Waals surface area contributed by atoms with Crippen LogP contribution in [0.5, 0.6) is 0 Å². The second-order valence-electron chi connectivity index (χ2n) is 3.68. The lowest BCUT2D eigenvalue weighted by Gasteiger charge is -2.08. The molecule has 0 saturated carbocycles. The minimum absolute atomic E-state index is 0.680. The molecule has 78 valence electrons. The first-order valence-corrected chi connectivity index (χ1v) is 4.89. The highest BCUT2D eigenvalue weighted by molar-refractivity contribution is 5.51. The van der Waals surface area contributed by atoms with Gasteiger partial charge in [-0.3, -0.25) is 0 Å². The lowest BCUT2D eigenvalue weighted by Crippen LogP contribution is -2.09. The highest BCUT2D eigenvalue weighted by atomic mass is 15.2. The molecule has 1 aromatic heterocycles. The van der Waals surface area contributed by atoms with Crippen molar-refractivity contribution in [3.05, 3.63) is 18.3 Å². The Morgan fingerprint density at radius 3 is 2.93 bits per heavy atom. The van der Waals surface area contributed by atoms with Crippen molar-refractivity contribution in [2.45, 2.75) is 20.3 Å². The largest absolute Gasteiger partial charge is 0.385 e. The van der Waals surface area contributed by atoms with E-state index in [0.717, 1.165) is 24.6 Å². The summed E-state index contributed by atoms with van der Waals surface area (Å²) in [6.45, 7) is 5.40. The van der Waals surface area contributed by atoms with Gasteiger partial charge in [0.2, 0.25) is 0 Å². The summed E-state index contributed by atoms with van der Waals surface area (Å²) < 4.78 is 0. The van der Waals surface area contributed by atoms with Gasteiger partial charge in [0.05, 0.1) is 0 Å². The van der Waals surface area contributed by atoms with Crippen molar-refractivity contribution in [2.24, 2.45) is 11.8 Å². The van der Waals surface area contributed by atoms with Gasteiger partial charge >= 0.3 is 0 Å². The summed E-state index contributed by atoms with van der Waals surface area (Å²) in [5.74, 6) is 6.65. The monoisotopic (exact) mass is 194 g/mol. The number of nitrogen functional groups attached to an aromatic ring is 1. The van der Waals surface area contributed by atoms with Crippen LogP contribution in [0.4, 0.5) is 11.5 Å². The molecule has 0 aliphatic heterocycles. The van der Waals surface area contributed by atoms with Gasteiger partial charge < -0.3 is 10.7 Å². The Kier molecular flexibility index (Phi) is 4.19. The molecule has 0 radical (unpaired) electrons. The molecular weight excluding hydrogens is 176 g/mol. The van der Waals surface area contributed by atoms with Crippen LogP contribution in [0.1, 0.15) is 20.3 Å². The minimum atomic E-state index is 0.680. The normalized spacial score (nSPS) is 10.3. The summed E-state index contributed by atoms with van der Waals surface area (Å²) in [5, 5.41) is 3.32. The highest BCUT2D eigenvalue weighted by Crippen LogP contribution is 2.11. The number of hydrazine groups is 1. The molecule has 0 aromatic carbocycles. The van der Waals surface area contributed by atoms with Crippen molar-refractivity contribution in [3.63, 3.8) is 0 Å². The zero-order chi connectivity index (χ0) is 10.4. The van der Waals surface area contributed by atoms with E-state index in [1.807, 2.05) is 12.1 Å². The molecule has 1 heterocycles. The van der Waals surface area contributed by atoms with Gasteiger partial charge in [-0.25, -0.2) is 10.8 Å². The quantitative estimate of drug-likeness (QED) is 0.494. The lowest BCUT2D eigenvalue weighted by atomic mass is 10.1. The van der Waals surface area contributed by atoms with Crippen LogP contribution >= 0.6 is 0 Å². The fraction of sp³-hybridized carbons (Fsp3) is 0.500. The second kappa shape index (κ2) is 5.44. The van der Waals surface area contributed by atoms with E-state index in [-0.39, 0.29) is 0 Å². The molecule has 0 fully saturated rings. The summed E-state index contributed by atoms with van der Waals surface area (Å²) in [5.41, 5.74) is 3.57. The first kappa shape index (κ1) is 10.8. The molecule has 0 aliphatic carbocycles. The molecule has 0 bridgehead atoms. The summed E-state index contributed by atoms with van der Waals surface area (Å²) >= 11 is 0. The topological polar surface area (TPSA) is 63.0 Å². The number of hydrogen-bond acceptors (Lipinski definition) is 4. The van der Waals surface area contributed by atoms with E-state index in [4.69, 9.17) is 5.84 Å². The third-order valence-electron chi connectivity index (χ3n) is 1.96. The minimum Gasteiger partial charge on any atom is -0.385 e. The van der Waals surface area contributed by atoms with Crippen molar-refractivity contribution < 1.29 is 0 Å². The van der Waals surface area contributed by atoms with E-state index in [2.05, 4.69) is 29.6 Å². The fourth-order valence-electron chi connectivity index (χ4n) is 1.12. The average Bonchev–Trinajstić information content (AvgIpc) is 2.18. The van der Waals surface area contributed by atoms with E-state index < -0.39 is 0 Å². The maximum absolute atomic E-state index is 5.26. The van der Waals surface area contributed by atoms with Crippen LogP contribution in [0.3, 0.4) is 0 Å². The Morgan fingerprint density at radius 2 is 2.29 bits per heavy atom. The molecule has 0 spiro atoms. The van der Waals surface area contributed by atoms with Gasteiger partial charge in [-0.1, -0.05) is 13.8 Å². The van der Waals surface area contributed by atoms with Crippen molar-refractivity contribution in [2.75, 3.05) is 17.3 Å². The Hall–Kier alpha value is -1.29. The van der Waals surface area contributed by atoms with Crippen molar-refractivity contribution in [1.82, 2.24) is 4.98 Å². The number of nitrogens with two attached hydrogens (primary N) is 1. The smallest absolute Gasteiger partial charge is 0.141 e. The zero-order valence-corrected chi connectivity index (χ0v) is 8.75. The number of anilines is 2. The van der Waals surface area contributed by atoms with E-state index in [1.165, 1.54) is 0 Å². The van der Waals surface area contributed by atoms with Crippen LogP contribution in [0.15, 0.2) is 18.3 Å². The predicted octanol–water partition coefficient (Wildman–Crippen LogP) is 1.83. The van der Waals surface area contributed by atoms with E-state index in [9.17, 15) is 0 Å². The number of nitrogens with zero attached hydrogens (tertiary/aromatic N) is 1. The van der Waals surface area contributed by atoms with Crippen molar-refractivity contribution in [3.8, 4) is 0 Å². The Morgan fingerprint density at radius 1 is 1.50 bits per heavy atom. The third-order valence-corrected chi connectivity index (χ3v) is 1.96. The first-order valence-electron chi connectivity index (χ1n) is 4.89. The van der Waals surface area contributed by atoms with Crippen LogP contribution in [0.2, 0.25) is 0 Å². The van der Waals surface area contributed by atoms with Crippen LogP contribution in [0.25, 0.3) is 0 Å². The maximum Gasteiger partial charge on any atom is 0.141 e. The number of pyridine rings is 1. The lowest BCUT2D eigenvalue weighted by molar-refractivity contribution is 0.607. The van der Waals surface area contributed by atoms with Crippen LogP contribution in [-0.4, -0.2) is 11.5 Å². The molecule has 4 nitrogen and oxygen atoms in total. The molecule has 0 saturated heterocycles. The average molecular weight is 194 g/mol. The highest BCUT2D eigenvalue weighted by Gasteiger charge is 1.96. The second-order valence-corrected chi connectivity index (χ2v) is 3.68. The molecule has 1 aromatic rings. The Balaban J connectivity index is 2.42. The number of nitrogens with one attached hydrogen (secondary N) is 2. The van der Waals surface area contributed by atoms with Gasteiger partial charge in [-0.15, -0.1) is 0 Å². The van der Waals surface area contributed by atoms with Gasteiger partial charge in [0.1, 0.15) is 5.82 Å². The summed E-state index contributed by atoms with van der Waals surface area (Å²) in [7, 11) is 0. The van der Waals surface area contributed by atoms with Crippen LogP contribution in [-0.2, 0) is 0 Å². The predicted molar refractivity (Wildman–Crippen MR) is 60.0 cm³/mol. The van der Waals surface area contributed by atoms with Crippen LogP contribution < -0.4 is 16.6 Å². The molecule has 4 heteroatoms. The third kappa shape index (κ3) is 3.62. The van der Waals surface area contributed by atoms with Gasteiger partial charge in [0, 0.05) is 24.5 Å². The SMILES string of the molecule is CC(C)CCNc1ccnc(NN)c1. The van der Waals surface area contributed by atoms with Crippen LogP contribution in [0, 0.1) is 5.92 Å². The summed E-state index contributed by atoms with van der Waals surface area (Å²) in [6.07, 6.45) is 2.89. The standard InChI is InChI=1S/C10H18N4/c1-8(2)3-5-12-9-4-6-13-10(7-9)14-11/h4,6-8H,3,5,11H2,1-2H3,(H2,12,13,14). The Bertz CT molecular complexity index is 273. The van der Waals surface area contributed by atoms with E-state index >= 15 is 0 Å². The molecule has 0 amide bonds. The maximum atomic E-state index is 5.26. The van der Waals surface area contributed by atoms with Gasteiger partial charge in [-0.2, -0.15) is 0 Å². The molecule has 0 aliphatic rings. The summed E-state index contributed by atoms with van der Waals surface area (Å²) in [4.78, 5) is 4.02. The summed E-state index contributed by atoms with van der Waals surface area (Å²) in [6, 6.07) is 3.82. The van der Waals surface area contributed by atoms with Gasteiger partial charge in [-0.05, 0) is 18.4 Å². The number of hydrogen-bond donors (Lipinski definition) is 3. The molecule has 14 heavy (non-hydrogen) atoms. The van der Waals surface area contributed by atoms with Crippen molar-refractivity contribution >= 4 is 11.5 Å².